The Hall–Kier alpha value is -1.89. The molecular weight excluding hydrogens is 326 g/mol. The summed E-state index contributed by atoms with van der Waals surface area (Å²) in [4.78, 5) is 16.1. The van der Waals surface area contributed by atoms with Crippen LogP contribution < -0.4 is 10.1 Å². The highest BCUT2D eigenvalue weighted by Gasteiger charge is 2.30. The van der Waals surface area contributed by atoms with Gasteiger partial charge in [0.2, 0.25) is 6.39 Å². The molecule has 0 saturated carbocycles. The van der Waals surface area contributed by atoms with Crippen LogP contribution in [-0.4, -0.2) is 22.2 Å². The summed E-state index contributed by atoms with van der Waals surface area (Å²) in [6.45, 7) is 1.79. The number of amides is 1. The van der Waals surface area contributed by atoms with Crippen LogP contribution in [0.1, 0.15) is 24.4 Å². The molecule has 1 aliphatic rings. The van der Waals surface area contributed by atoms with Gasteiger partial charge in [-0.3, -0.25) is 4.79 Å². The van der Waals surface area contributed by atoms with Crippen molar-refractivity contribution in [2.24, 2.45) is 0 Å². The normalized spacial score (nSPS) is 18.2. The molecule has 1 aromatic carbocycles. The lowest BCUT2D eigenvalue weighted by Crippen LogP contribution is -2.39. The van der Waals surface area contributed by atoms with Crippen molar-refractivity contribution in [3.63, 3.8) is 0 Å². The third-order valence-electron chi connectivity index (χ3n) is 3.11. The molecule has 1 N–H and O–H groups in total. The van der Waals surface area contributed by atoms with E-state index in [1.165, 1.54) is 6.39 Å². The number of nitrogens with zero attached hydrogens (tertiary/aromatic N) is 2. The SMILES string of the molecule is C[C@@H](NC(=O)[C@H]1Cc2cc(Br)ccc2O1)c1ncon1. The van der Waals surface area contributed by atoms with E-state index < -0.39 is 6.10 Å². The lowest BCUT2D eigenvalue weighted by Gasteiger charge is -2.14. The first-order valence-corrected chi connectivity index (χ1v) is 6.94. The zero-order valence-corrected chi connectivity index (χ0v) is 12.3. The first-order chi connectivity index (χ1) is 9.63. The van der Waals surface area contributed by atoms with Crippen LogP contribution in [0.2, 0.25) is 0 Å². The molecule has 0 aliphatic carbocycles. The van der Waals surface area contributed by atoms with Gasteiger partial charge in [-0.25, -0.2) is 0 Å². The number of aromatic nitrogens is 2. The van der Waals surface area contributed by atoms with Crippen LogP contribution in [-0.2, 0) is 11.2 Å². The fourth-order valence-electron chi connectivity index (χ4n) is 2.10. The molecule has 2 atom stereocenters. The molecule has 7 heteroatoms. The van der Waals surface area contributed by atoms with Crippen molar-refractivity contribution in [1.29, 1.82) is 0 Å². The highest BCUT2D eigenvalue weighted by molar-refractivity contribution is 9.10. The molecule has 0 bridgehead atoms. The highest BCUT2D eigenvalue weighted by atomic mass is 79.9. The molecule has 0 spiro atoms. The van der Waals surface area contributed by atoms with Crippen molar-refractivity contribution >= 4 is 21.8 Å². The largest absolute Gasteiger partial charge is 0.480 e. The minimum absolute atomic E-state index is 0.186. The number of benzene rings is 1. The van der Waals surface area contributed by atoms with Gasteiger partial charge in [0.25, 0.3) is 5.91 Å². The van der Waals surface area contributed by atoms with Crippen LogP contribution in [0.5, 0.6) is 5.75 Å². The average molecular weight is 338 g/mol. The number of halogens is 1. The smallest absolute Gasteiger partial charge is 0.262 e. The summed E-state index contributed by atoms with van der Waals surface area (Å²) >= 11 is 3.41. The van der Waals surface area contributed by atoms with Crippen molar-refractivity contribution in [2.75, 3.05) is 0 Å². The number of carbonyl (C=O) groups is 1. The Morgan fingerprint density at radius 3 is 3.15 bits per heavy atom. The van der Waals surface area contributed by atoms with Crippen LogP contribution in [0.3, 0.4) is 0 Å². The van der Waals surface area contributed by atoms with Crippen LogP contribution in [0.15, 0.2) is 33.6 Å². The average Bonchev–Trinajstić information content (AvgIpc) is 3.07. The van der Waals surface area contributed by atoms with E-state index in [1.54, 1.807) is 6.92 Å². The van der Waals surface area contributed by atoms with E-state index in [-0.39, 0.29) is 11.9 Å². The molecule has 2 aromatic rings. The summed E-state index contributed by atoms with van der Waals surface area (Å²) < 4.78 is 11.3. The molecule has 2 heterocycles. The number of rotatable bonds is 3. The summed E-state index contributed by atoms with van der Waals surface area (Å²) in [5.74, 6) is 1.01. The molecule has 1 amide bonds. The third-order valence-corrected chi connectivity index (χ3v) is 3.61. The number of ether oxygens (including phenoxy) is 1. The number of carbonyl (C=O) groups excluding carboxylic acids is 1. The van der Waals surface area contributed by atoms with Gasteiger partial charge in [-0.2, -0.15) is 4.98 Å². The maximum Gasteiger partial charge on any atom is 0.262 e. The fraction of sp³-hybridized carbons (Fsp3) is 0.308. The molecular formula is C13H12BrN3O3. The summed E-state index contributed by atoms with van der Waals surface area (Å²) in [5.41, 5.74) is 1.02. The molecule has 0 fully saturated rings. The van der Waals surface area contributed by atoms with Gasteiger partial charge in [-0.05, 0) is 30.7 Å². The molecule has 20 heavy (non-hydrogen) atoms. The van der Waals surface area contributed by atoms with Crippen molar-refractivity contribution in [3.05, 3.63) is 40.5 Å². The van der Waals surface area contributed by atoms with E-state index in [4.69, 9.17) is 4.74 Å². The Bertz CT molecular complexity index is 630. The predicted octanol–water partition coefficient (Wildman–Crippen LogP) is 2.01. The Labute approximate surface area is 123 Å². The molecule has 1 aliphatic heterocycles. The molecule has 0 saturated heterocycles. The summed E-state index contributed by atoms with van der Waals surface area (Å²) in [7, 11) is 0. The van der Waals surface area contributed by atoms with Crippen molar-refractivity contribution in [3.8, 4) is 5.75 Å². The molecule has 104 valence electrons. The Kier molecular flexibility index (Phi) is 3.43. The molecule has 1 aromatic heterocycles. The van der Waals surface area contributed by atoms with Gasteiger partial charge in [0.1, 0.15) is 5.75 Å². The molecule has 0 radical (unpaired) electrons. The highest BCUT2D eigenvalue weighted by Crippen LogP contribution is 2.31. The van der Waals surface area contributed by atoms with E-state index >= 15 is 0 Å². The lowest BCUT2D eigenvalue weighted by atomic mass is 10.1. The molecule has 6 nitrogen and oxygen atoms in total. The Balaban J connectivity index is 1.65. The van der Waals surface area contributed by atoms with Gasteiger partial charge in [0.15, 0.2) is 11.9 Å². The first-order valence-electron chi connectivity index (χ1n) is 6.15. The third kappa shape index (κ3) is 2.53. The zero-order chi connectivity index (χ0) is 14.1. The number of nitrogens with one attached hydrogen (secondary N) is 1. The van der Waals surface area contributed by atoms with Gasteiger partial charge in [-0.15, -0.1) is 0 Å². The second-order valence-corrected chi connectivity index (χ2v) is 5.50. The van der Waals surface area contributed by atoms with Crippen LogP contribution in [0.25, 0.3) is 0 Å². The summed E-state index contributed by atoms with van der Waals surface area (Å²) in [6.07, 6.45) is 1.27. The summed E-state index contributed by atoms with van der Waals surface area (Å²) in [5, 5.41) is 6.51. The fourth-order valence-corrected chi connectivity index (χ4v) is 2.51. The van der Waals surface area contributed by atoms with E-state index in [1.807, 2.05) is 18.2 Å². The lowest BCUT2D eigenvalue weighted by molar-refractivity contribution is -0.127. The summed E-state index contributed by atoms with van der Waals surface area (Å²) in [6, 6.07) is 5.39. The van der Waals surface area contributed by atoms with E-state index in [2.05, 4.69) is 35.9 Å². The van der Waals surface area contributed by atoms with Gasteiger partial charge < -0.3 is 14.6 Å². The van der Waals surface area contributed by atoms with Crippen molar-refractivity contribution < 1.29 is 14.1 Å². The van der Waals surface area contributed by atoms with Crippen LogP contribution in [0, 0.1) is 0 Å². The zero-order valence-electron chi connectivity index (χ0n) is 10.7. The number of hydrogen-bond acceptors (Lipinski definition) is 5. The molecule has 0 unspecified atom stereocenters. The van der Waals surface area contributed by atoms with Crippen LogP contribution >= 0.6 is 15.9 Å². The van der Waals surface area contributed by atoms with Gasteiger partial charge in [0, 0.05) is 10.9 Å². The number of fused-ring (bicyclic) bond motifs is 1. The topological polar surface area (TPSA) is 77.2 Å². The molecule has 3 rings (SSSR count). The van der Waals surface area contributed by atoms with Gasteiger partial charge in [0.05, 0.1) is 6.04 Å². The maximum atomic E-state index is 12.2. The minimum atomic E-state index is -0.520. The predicted molar refractivity (Wildman–Crippen MR) is 73.1 cm³/mol. The van der Waals surface area contributed by atoms with Gasteiger partial charge >= 0.3 is 0 Å². The quantitative estimate of drug-likeness (QED) is 0.926. The standard InChI is InChI=1S/C13H12BrN3O3/c1-7(12-15-6-19-17-12)16-13(18)11-5-8-4-9(14)2-3-10(8)20-11/h2-4,6-7,11H,5H2,1H3,(H,16,18)/t7-,11-/m1/s1. The monoisotopic (exact) mass is 337 g/mol. The Morgan fingerprint density at radius 1 is 1.55 bits per heavy atom. The second-order valence-electron chi connectivity index (χ2n) is 4.58. The van der Waals surface area contributed by atoms with Crippen molar-refractivity contribution in [2.45, 2.75) is 25.5 Å². The van der Waals surface area contributed by atoms with Crippen LogP contribution in [0.4, 0.5) is 0 Å². The maximum absolute atomic E-state index is 12.2. The van der Waals surface area contributed by atoms with Crippen molar-refractivity contribution in [1.82, 2.24) is 15.5 Å². The first kappa shape index (κ1) is 13.1. The van der Waals surface area contributed by atoms with E-state index in [0.29, 0.717) is 12.2 Å². The van der Waals surface area contributed by atoms with Gasteiger partial charge in [-0.1, -0.05) is 21.1 Å². The van der Waals surface area contributed by atoms with E-state index in [9.17, 15) is 4.79 Å². The number of hydrogen-bond donors (Lipinski definition) is 1. The second kappa shape index (κ2) is 5.24. The minimum Gasteiger partial charge on any atom is -0.480 e. The Morgan fingerprint density at radius 2 is 2.40 bits per heavy atom. The van der Waals surface area contributed by atoms with E-state index in [0.717, 1.165) is 15.8 Å².